The van der Waals surface area contributed by atoms with E-state index in [-0.39, 0.29) is 43.6 Å². The molecule has 3 aromatic heterocycles. The van der Waals surface area contributed by atoms with Crippen molar-refractivity contribution < 1.29 is 19.8 Å². The normalized spacial score (nSPS) is 12.8. The van der Waals surface area contributed by atoms with E-state index in [1.807, 2.05) is 6.07 Å². The predicted octanol–water partition coefficient (Wildman–Crippen LogP) is 21.5. The molecule has 8 bridgehead atoms. The SMILES string of the molecule is CC(C)(C)c1ccc(N(c2ccc(C(C)(C)C)cc2)c2c3nc(c(-c4cc(C(C)(C)C)cc(C(C)(C)C)c4)c4cc(C#Cc5ccc(C(=O)O)cc5)c(cc5nc(c(-c6cc(C(C)(C)C)cc(C(C)(C)C)c6)c6ccc2[nH]6)C=C5C#Cc2ccc(C(=O)O)cc2)[nH]4)C=C3)cc1. The highest BCUT2D eigenvalue weighted by atomic mass is 16.4. The number of aromatic nitrogens is 4. The molecule has 9 nitrogen and oxygen atoms in total. The summed E-state index contributed by atoms with van der Waals surface area (Å²) in [6.07, 6.45) is 6.36. The standard InChI is InChI=1S/C86H87N5O4/c1-81(2,3)60-31-35-66(36-32-60)91(67-37-33-61(34-38-67)82(4,5)6)78-70-41-39-68(87-70)76(58-43-62(83(7,8)9)49-63(44-58)84(10,11)12)74-47-56(29-23-52-19-25-54(26-20-52)79(92)93)72(89-74)51-73-57(30-24-53-21-27-55(28-22-53)80(94)95)48-75(90-73)77(69-40-42-71(78)88-69)59-45-64(85(13,14)15)50-65(46-59)86(16,17)18/h19-22,25-28,31-51,87,90H,1-18H3,(H,92,93)(H,94,95). The topological polar surface area (TPSA) is 135 Å². The summed E-state index contributed by atoms with van der Waals surface area (Å²) in [5, 5.41) is 19.7. The molecule has 0 aliphatic carbocycles. The average Bonchev–Trinajstić information content (AvgIpc) is 1.69. The number of carboxylic acid groups (broad SMARTS) is 2. The first-order chi connectivity index (χ1) is 44.5. The van der Waals surface area contributed by atoms with E-state index >= 15 is 0 Å². The molecular weight excluding hydrogens is 1170 g/mol. The van der Waals surface area contributed by atoms with Crippen molar-refractivity contribution >= 4 is 74.9 Å². The van der Waals surface area contributed by atoms with Gasteiger partial charge in [0.25, 0.3) is 0 Å². The van der Waals surface area contributed by atoms with Gasteiger partial charge in [-0.2, -0.15) is 0 Å². The van der Waals surface area contributed by atoms with Gasteiger partial charge in [0, 0.05) is 44.7 Å². The number of nitrogens with one attached hydrogen (secondary N) is 2. The molecule has 11 rings (SSSR count). The van der Waals surface area contributed by atoms with Crippen LogP contribution in [0.25, 0.3) is 68.1 Å². The maximum absolute atomic E-state index is 12.0. The van der Waals surface area contributed by atoms with Crippen LogP contribution in [0.5, 0.6) is 0 Å². The Balaban J connectivity index is 1.37. The molecule has 9 aromatic rings. The minimum absolute atomic E-state index is 0.0989. The second-order valence-electron chi connectivity index (χ2n) is 31.5. The minimum atomic E-state index is -1.02. The van der Waals surface area contributed by atoms with Crippen molar-refractivity contribution in [3.05, 3.63) is 242 Å². The van der Waals surface area contributed by atoms with Crippen LogP contribution in [0.3, 0.4) is 0 Å². The van der Waals surface area contributed by atoms with Gasteiger partial charge in [-0.1, -0.05) is 209 Å². The highest BCUT2D eigenvalue weighted by molar-refractivity contribution is 6.02. The number of allylic oxidation sites excluding steroid dienone is 1. The van der Waals surface area contributed by atoms with Gasteiger partial charge >= 0.3 is 11.9 Å². The Morgan fingerprint density at radius 1 is 0.379 bits per heavy atom. The number of aromatic amines is 2. The fourth-order valence-corrected chi connectivity index (χ4v) is 11.9. The molecule has 0 fully saturated rings. The minimum Gasteiger partial charge on any atom is -0.478 e. The van der Waals surface area contributed by atoms with Gasteiger partial charge in [0.15, 0.2) is 0 Å². The van der Waals surface area contributed by atoms with Crippen molar-refractivity contribution in [2.45, 2.75) is 157 Å². The lowest BCUT2D eigenvalue weighted by Gasteiger charge is -2.28. The predicted molar refractivity (Wildman–Crippen MR) is 395 cm³/mol. The Kier molecular flexibility index (Phi) is 17.2. The lowest BCUT2D eigenvalue weighted by molar-refractivity contribution is 0.0686. The molecular formula is C86H87N5O4. The average molecular weight is 1250 g/mol. The summed E-state index contributed by atoms with van der Waals surface area (Å²) < 4.78 is 0. The van der Waals surface area contributed by atoms with E-state index in [0.29, 0.717) is 39.2 Å². The highest BCUT2D eigenvalue weighted by Gasteiger charge is 2.29. The van der Waals surface area contributed by atoms with E-state index in [0.717, 1.165) is 67.3 Å². The zero-order valence-corrected chi connectivity index (χ0v) is 58.3. The smallest absolute Gasteiger partial charge is 0.335 e. The van der Waals surface area contributed by atoms with Crippen molar-refractivity contribution in [2.24, 2.45) is 0 Å². The van der Waals surface area contributed by atoms with Gasteiger partial charge in [0.1, 0.15) is 0 Å². The number of anilines is 3. The van der Waals surface area contributed by atoms with Crippen LogP contribution < -0.4 is 4.90 Å². The van der Waals surface area contributed by atoms with Crippen molar-refractivity contribution in [3.8, 4) is 45.9 Å². The molecule has 2 aliphatic rings. The third kappa shape index (κ3) is 14.3. The van der Waals surface area contributed by atoms with Gasteiger partial charge in [0.05, 0.1) is 61.8 Å². The van der Waals surface area contributed by atoms with Gasteiger partial charge in [-0.05, 0) is 192 Å². The maximum Gasteiger partial charge on any atom is 0.335 e. The first-order valence-corrected chi connectivity index (χ1v) is 32.7. The van der Waals surface area contributed by atoms with E-state index in [4.69, 9.17) is 9.97 Å². The first-order valence-electron chi connectivity index (χ1n) is 32.7. The van der Waals surface area contributed by atoms with Crippen LogP contribution in [0.15, 0.2) is 158 Å². The monoisotopic (exact) mass is 1250 g/mol. The molecule has 0 atom stereocenters. The second-order valence-corrected chi connectivity index (χ2v) is 31.5. The highest BCUT2D eigenvalue weighted by Crippen LogP contribution is 2.46. The van der Waals surface area contributed by atoms with Crippen molar-refractivity contribution in [1.29, 1.82) is 0 Å². The summed E-state index contributed by atoms with van der Waals surface area (Å²) in [5.74, 6) is 11.8. The number of nitrogens with zero attached hydrogens (tertiary/aromatic N) is 3. The van der Waals surface area contributed by atoms with Crippen LogP contribution in [-0.4, -0.2) is 42.1 Å². The summed E-state index contributed by atoms with van der Waals surface area (Å²) in [7, 11) is 0. The van der Waals surface area contributed by atoms with Gasteiger partial charge in [-0.15, -0.1) is 0 Å². The number of hydrogen-bond acceptors (Lipinski definition) is 5. The lowest BCUT2D eigenvalue weighted by Crippen LogP contribution is -2.16. The third-order valence-corrected chi connectivity index (χ3v) is 17.9. The zero-order chi connectivity index (χ0) is 68.5. The Bertz CT molecular complexity index is 4790. The van der Waals surface area contributed by atoms with Crippen LogP contribution in [0.1, 0.15) is 218 Å². The molecule has 2 aliphatic heterocycles. The molecule has 0 amide bonds. The summed E-state index contributed by atoms with van der Waals surface area (Å²) in [6.45, 7) is 40.5. The van der Waals surface area contributed by atoms with Gasteiger partial charge < -0.3 is 25.1 Å². The maximum atomic E-state index is 12.0. The number of aromatic carboxylic acids is 2. The third-order valence-electron chi connectivity index (χ3n) is 17.9. The Labute approximate surface area is 561 Å². The summed E-state index contributed by atoms with van der Waals surface area (Å²) in [4.78, 5) is 46.0. The Morgan fingerprint density at radius 3 is 1.21 bits per heavy atom. The first kappa shape index (κ1) is 66.2. The summed E-state index contributed by atoms with van der Waals surface area (Å²) in [6, 6.07) is 53.4. The zero-order valence-electron chi connectivity index (χ0n) is 58.3. The number of rotatable bonds is 7. The van der Waals surface area contributed by atoms with Crippen LogP contribution in [0, 0.1) is 23.7 Å². The molecule has 480 valence electrons. The largest absolute Gasteiger partial charge is 0.478 e. The molecule has 0 spiro atoms. The summed E-state index contributed by atoms with van der Waals surface area (Å²) in [5.41, 5.74) is 21.1. The fourth-order valence-electron chi connectivity index (χ4n) is 11.9. The number of benzene rings is 6. The van der Waals surface area contributed by atoms with Crippen molar-refractivity contribution in [3.63, 3.8) is 0 Å². The van der Waals surface area contributed by atoms with E-state index in [1.54, 1.807) is 48.5 Å². The van der Waals surface area contributed by atoms with Crippen molar-refractivity contribution in [2.75, 3.05) is 4.90 Å². The number of fused-ring (bicyclic) bond motifs is 8. The van der Waals surface area contributed by atoms with Gasteiger partial charge in [-0.25, -0.2) is 19.6 Å². The summed E-state index contributed by atoms with van der Waals surface area (Å²) >= 11 is 0. The number of hydrogen-bond donors (Lipinski definition) is 4. The Morgan fingerprint density at radius 2 is 0.779 bits per heavy atom. The number of H-pyrrole nitrogens is 2. The van der Waals surface area contributed by atoms with E-state index in [1.165, 1.54) is 33.4 Å². The van der Waals surface area contributed by atoms with Gasteiger partial charge in [0.2, 0.25) is 0 Å². The quantitative estimate of drug-likeness (QED) is 0.117. The fraction of sp³-hybridized carbons (Fsp3) is 0.279. The lowest BCUT2D eigenvalue weighted by atomic mass is 9.78. The molecule has 4 N–H and O–H groups in total. The molecule has 0 unspecified atom stereocenters. The van der Waals surface area contributed by atoms with E-state index < -0.39 is 11.9 Å². The molecule has 5 heterocycles. The molecule has 0 saturated heterocycles. The van der Waals surface area contributed by atoms with Crippen molar-refractivity contribution in [1.82, 2.24) is 19.9 Å². The molecule has 0 saturated carbocycles. The number of carbonyl (C=O) groups is 2. The van der Waals surface area contributed by atoms with E-state index in [2.05, 4.69) is 285 Å². The molecule has 95 heavy (non-hydrogen) atoms. The van der Waals surface area contributed by atoms with Crippen LogP contribution in [0.4, 0.5) is 17.1 Å². The van der Waals surface area contributed by atoms with E-state index in [9.17, 15) is 19.8 Å². The number of carboxylic acids is 2. The van der Waals surface area contributed by atoms with Crippen LogP contribution in [-0.2, 0) is 32.5 Å². The second kappa shape index (κ2) is 24.6. The molecule has 6 aromatic carbocycles. The van der Waals surface area contributed by atoms with Crippen LogP contribution >= 0.6 is 0 Å². The van der Waals surface area contributed by atoms with Crippen LogP contribution in [0.2, 0.25) is 0 Å². The molecule has 0 radical (unpaired) electrons. The Hall–Kier alpha value is -10.2. The van der Waals surface area contributed by atoms with Gasteiger partial charge in [-0.3, -0.25) is 0 Å². The molecule has 9 heteroatoms.